The molecule has 172 valence electrons. The van der Waals surface area contributed by atoms with Crippen LogP contribution in [0.25, 0.3) is 5.69 Å². The number of nitrogens with zero attached hydrogens (tertiary/aromatic N) is 5. The number of aryl methyl sites for hydroxylation is 1. The maximum Gasteiger partial charge on any atom is 0.280 e. The topological polar surface area (TPSA) is 110 Å². The summed E-state index contributed by atoms with van der Waals surface area (Å²) in [7, 11) is 0. The van der Waals surface area contributed by atoms with E-state index in [-0.39, 0.29) is 31.7 Å². The zero-order valence-electron chi connectivity index (χ0n) is 17.1. The highest BCUT2D eigenvalue weighted by atomic mass is 35.5. The summed E-state index contributed by atoms with van der Waals surface area (Å²) >= 11 is 6.10. The van der Waals surface area contributed by atoms with Crippen LogP contribution in [0.1, 0.15) is 30.1 Å². The number of hydroxylamine groups is 2. The molecule has 3 aromatic rings. The zero-order chi connectivity index (χ0) is 23.5. The summed E-state index contributed by atoms with van der Waals surface area (Å²) in [6.07, 6.45) is 0.00331. The van der Waals surface area contributed by atoms with E-state index in [1.165, 1.54) is 11.0 Å². The minimum atomic E-state index is -1.95. The van der Waals surface area contributed by atoms with Gasteiger partial charge in [-0.15, -0.1) is 5.10 Å². The van der Waals surface area contributed by atoms with Gasteiger partial charge in [0, 0.05) is 29.5 Å². The lowest BCUT2D eigenvalue weighted by Gasteiger charge is -2.24. The number of Topliss-reactive ketones (excluding diaryl/α,β-unsaturated/α-hetero) is 1. The summed E-state index contributed by atoms with van der Waals surface area (Å²) < 4.78 is 28.6. The van der Waals surface area contributed by atoms with E-state index in [1.807, 2.05) is 0 Å². The number of carbonyl (C=O) groups is 2. The highest BCUT2D eigenvalue weighted by Crippen LogP contribution is 2.26. The fraction of sp³-hybridized carbons (Fsp3) is 0.286. The number of halogens is 3. The van der Waals surface area contributed by atoms with Crippen molar-refractivity contribution in [1.29, 1.82) is 0 Å². The second-order valence-electron chi connectivity index (χ2n) is 7.36. The molecule has 2 heterocycles. The van der Waals surface area contributed by atoms with Gasteiger partial charge in [-0.25, -0.2) is 18.5 Å². The van der Waals surface area contributed by atoms with E-state index in [0.29, 0.717) is 22.3 Å². The van der Waals surface area contributed by atoms with Crippen molar-refractivity contribution in [2.24, 2.45) is 0 Å². The predicted octanol–water partition coefficient (Wildman–Crippen LogP) is 2.36. The molecule has 1 unspecified atom stereocenters. The number of hydrogen-bond donors (Lipinski definition) is 1. The SMILES string of the molecule is O=C(CCc1cc(Cl)ccc1-n1cnnn1)[C@@H]1CCON1C(=O)C(O)c1ccc(F)cc1F. The molecule has 4 rings (SSSR count). The van der Waals surface area contributed by atoms with Crippen LogP contribution in [0, 0.1) is 11.6 Å². The maximum atomic E-state index is 14.0. The minimum absolute atomic E-state index is 0.0360. The molecule has 0 aliphatic carbocycles. The summed E-state index contributed by atoms with van der Waals surface area (Å²) in [4.78, 5) is 30.9. The maximum absolute atomic E-state index is 14.0. The number of amides is 1. The van der Waals surface area contributed by atoms with E-state index in [2.05, 4.69) is 15.5 Å². The minimum Gasteiger partial charge on any atom is -0.378 e. The van der Waals surface area contributed by atoms with Crippen LogP contribution in [-0.2, 0) is 20.8 Å². The summed E-state index contributed by atoms with van der Waals surface area (Å²) in [5.74, 6) is -3.23. The number of aromatic nitrogens is 4. The van der Waals surface area contributed by atoms with Crippen molar-refractivity contribution >= 4 is 23.3 Å². The first-order valence-corrected chi connectivity index (χ1v) is 10.4. The number of tetrazole rings is 1. The fourth-order valence-corrected chi connectivity index (χ4v) is 3.82. The molecule has 1 N–H and O–H groups in total. The third kappa shape index (κ3) is 4.90. The second kappa shape index (κ2) is 9.69. The first kappa shape index (κ1) is 22.9. The average molecular weight is 478 g/mol. The molecule has 33 heavy (non-hydrogen) atoms. The van der Waals surface area contributed by atoms with E-state index < -0.39 is 35.3 Å². The van der Waals surface area contributed by atoms with Crippen LogP contribution in [0.5, 0.6) is 0 Å². The Bertz CT molecular complexity index is 1180. The quantitative estimate of drug-likeness (QED) is 0.556. The molecule has 2 atom stereocenters. The van der Waals surface area contributed by atoms with Crippen LogP contribution in [0.15, 0.2) is 42.7 Å². The van der Waals surface area contributed by atoms with Gasteiger partial charge in [0.15, 0.2) is 11.9 Å². The fourth-order valence-electron chi connectivity index (χ4n) is 3.63. The molecule has 0 radical (unpaired) electrons. The summed E-state index contributed by atoms with van der Waals surface area (Å²) in [6, 6.07) is 6.60. The van der Waals surface area contributed by atoms with Gasteiger partial charge in [0.05, 0.1) is 12.3 Å². The van der Waals surface area contributed by atoms with Crippen LogP contribution in [0.3, 0.4) is 0 Å². The molecule has 1 aliphatic heterocycles. The van der Waals surface area contributed by atoms with Gasteiger partial charge in [0.2, 0.25) is 0 Å². The molecule has 1 fully saturated rings. The van der Waals surface area contributed by atoms with Gasteiger partial charge >= 0.3 is 0 Å². The second-order valence-corrected chi connectivity index (χ2v) is 7.80. The molecule has 1 aromatic heterocycles. The van der Waals surface area contributed by atoms with Gasteiger partial charge in [-0.3, -0.25) is 14.4 Å². The van der Waals surface area contributed by atoms with Gasteiger partial charge in [-0.05, 0) is 46.7 Å². The van der Waals surface area contributed by atoms with Crippen molar-refractivity contribution in [2.45, 2.75) is 31.4 Å². The van der Waals surface area contributed by atoms with Gasteiger partial charge in [0.25, 0.3) is 5.91 Å². The molecule has 9 nitrogen and oxygen atoms in total. The molecule has 0 bridgehead atoms. The Hall–Kier alpha value is -3.28. The number of aliphatic hydroxyl groups is 1. The van der Waals surface area contributed by atoms with E-state index in [9.17, 15) is 23.5 Å². The number of hydrogen-bond acceptors (Lipinski definition) is 7. The lowest BCUT2D eigenvalue weighted by Crippen LogP contribution is -2.42. The third-order valence-corrected chi connectivity index (χ3v) is 5.50. The Morgan fingerprint density at radius 1 is 1.24 bits per heavy atom. The van der Waals surface area contributed by atoms with Gasteiger partial charge in [-0.2, -0.15) is 0 Å². The predicted molar refractivity (Wildman–Crippen MR) is 110 cm³/mol. The third-order valence-electron chi connectivity index (χ3n) is 5.26. The van der Waals surface area contributed by atoms with Crippen LogP contribution in [0.4, 0.5) is 8.78 Å². The van der Waals surface area contributed by atoms with E-state index in [1.54, 1.807) is 18.2 Å². The number of rotatable bonds is 7. The van der Waals surface area contributed by atoms with Crippen LogP contribution >= 0.6 is 11.6 Å². The largest absolute Gasteiger partial charge is 0.378 e. The molecule has 1 saturated heterocycles. The monoisotopic (exact) mass is 477 g/mol. The molecule has 1 amide bonds. The lowest BCUT2D eigenvalue weighted by atomic mass is 10.00. The number of ketones is 1. The average Bonchev–Trinajstić information content (AvgIpc) is 3.49. The van der Waals surface area contributed by atoms with Crippen molar-refractivity contribution in [1.82, 2.24) is 25.3 Å². The molecular formula is C21H18ClF2N5O4. The first-order valence-electron chi connectivity index (χ1n) is 9.98. The van der Waals surface area contributed by atoms with Gasteiger partial charge in [0.1, 0.15) is 24.0 Å². The molecule has 1 aliphatic rings. The van der Waals surface area contributed by atoms with E-state index in [4.69, 9.17) is 16.4 Å². The van der Waals surface area contributed by atoms with Crippen molar-refractivity contribution < 1.29 is 28.3 Å². The smallest absolute Gasteiger partial charge is 0.280 e. The van der Waals surface area contributed by atoms with Crippen LogP contribution in [-0.4, -0.2) is 54.7 Å². The lowest BCUT2D eigenvalue weighted by molar-refractivity contribution is -0.187. The van der Waals surface area contributed by atoms with E-state index >= 15 is 0 Å². The highest BCUT2D eigenvalue weighted by molar-refractivity contribution is 6.30. The normalized spacial score (nSPS) is 16.7. The Morgan fingerprint density at radius 3 is 2.79 bits per heavy atom. The number of aliphatic hydroxyl groups excluding tert-OH is 1. The summed E-state index contributed by atoms with van der Waals surface area (Å²) in [5, 5.41) is 22.6. The summed E-state index contributed by atoms with van der Waals surface area (Å²) in [6.45, 7) is 0.0772. The summed E-state index contributed by atoms with van der Waals surface area (Å²) in [5.41, 5.74) is 0.955. The van der Waals surface area contributed by atoms with E-state index in [0.717, 1.165) is 17.2 Å². The Labute approximate surface area is 191 Å². The van der Waals surface area contributed by atoms with Crippen LogP contribution in [0.2, 0.25) is 5.02 Å². The van der Waals surface area contributed by atoms with Gasteiger partial charge < -0.3 is 5.11 Å². The highest BCUT2D eigenvalue weighted by Gasteiger charge is 2.39. The molecule has 0 saturated carbocycles. The number of benzene rings is 2. The van der Waals surface area contributed by atoms with Gasteiger partial charge in [-0.1, -0.05) is 17.7 Å². The van der Waals surface area contributed by atoms with Crippen molar-refractivity contribution in [3.63, 3.8) is 0 Å². The molecule has 2 aromatic carbocycles. The first-order chi connectivity index (χ1) is 15.8. The molecular weight excluding hydrogens is 460 g/mol. The number of carbonyl (C=O) groups excluding carboxylic acids is 2. The van der Waals surface area contributed by atoms with Crippen molar-refractivity contribution in [3.05, 3.63) is 70.5 Å². The standard InChI is InChI=1S/C21H18ClF2N5O4/c22-13-2-5-17(28-11-25-26-27-28)12(9-13)1-6-19(30)18-7-8-33-29(18)21(32)20(31)15-4-3-14(23)10-16(15)24/h2-5,9-11,18,20,31H,1,6-8H2/t18-,20?/m0/s1. The molecule has 12 heteroatoms. The Morgan fingerprint density at radius 2 is 2.06 bits per heavy atom. The Balaban J connectivity index is 1.47. The van der Waals surface area contributed by atoms with Crippen LogP contribution < -0.4 is 0 Å². The molecule has 0 spiro atoms. The Kier molecular flexibility index (Phi) is 6.72. The van der Waals surface area contributed by atoms with Crippen molar-refractivity contribution in [2.75, 3.05) is 6.61 Å². The zero-order valence-corrected chi connectivity index (χ0v) is 17.8. The van der Waals surface area contributed by atoms with Crippen molar-refractivity contribution in [3.8, 4) is 5.69 Å².